The molecule has 0 aromatic carbocycles. The molecule has 0 amide bonds. The second-order valence-electron chi connectivity index (χ2n) is 5.24. The highest BCUT2D eigenvalue weighted by Gasteiger charge is 2.36. The van der Waals surface area contributed by atoms with E-state index in [2.05, 4.69) is 43.4 Å². The zero-order valence-corrected chi connectivity index (χ0v) is 9.77. The van der Waals surface area contributed by atoms with Gasteiger partial charge in [0.15, 0.2) is 0 Å². The van der Waals surface area contributed by atoms with Crippen molar-refractivity contribution in [3.8, 4) is 0 Å². The Bertz CT molecular complexity index is 411. The van der Waals surface area contributed by atoms with Gasteiger partial charge in [-0.3, -0.25) is 0 Å². The monoisotopic (exact) mass is 213 g/mol. The summed E-state index contributed by atoms with van der Waals surface area (Å²) in [5.41, 5.74) is 9.21. The molecule has 1 saturated carbocycles. The standard InChI is InChI=1S/C15H19N/c1-10-12-7-6-11-4-2-3-5-13(11)14(12)8-9-15(10)16/h2-7,10,13-15H,8-9,16H2,1H3. The second kappa shape index (κ2) is 3.74. The molecular weight excluding hydrogens is 194 g/mol. The smallest absolute Gasteiger partial charge is 0.0102 e. The number of allylic oxidation sites excluding steroid dienone is 7. The first kappa shape index (κ1) is 10.1. The Kier molecular flexibility index (Phi) is 2.36. The highest BCUT2D eigenvalue weighted by molar-refractivity contribution is 5.43. The minimum absolute atomic E-state index is 0.362. The topological polar surface area (TPSA) is 26.0 Å². The first-order chi connectivity index (χ1) is 7.77. The molecule has 0 aliphatic heterocycles. The van der Waals surface area contributed by atoms with Gasteiger partial charge < -0.3 is 5.73 Å². The molecule has 0 bridgehead atoms. The van der Waals surface area contributed by atoms with E-state index in [1.54, 1.807) is 5.57 Å². The molecule has 3 rings (SSSR count). The molecule has 4 atom stereocenters. The van der Waals surface area contributed by atoms with E-state index in [4.69, 9.17) is 5.73 Å². The van der Waals surface area contributed by atoms with E-state index >= 15 is 0 Å². The van der Waals surface area contributed by atoms with Crippen LogP contribution in [0.3, 0.4) is 0 Å². The van der Waals surface area contributed by atoms with Gasteiger partial charge in [0.2, 0.25) is 0 Å². The van der Waals surface area contributed by atoms with Crippen LogP contribution in [0.15, 0.2) is 47.6 Å². The second-order valence-corrected chi connectivity index (χ2v) is 5.24. The Morgan fingerprint density at radius 1 is 1.19 bits per heavy atom. The number of rotatable bonds is 0. The Hall–Kier alpha value is -1.08. The molecule has 2 N–H and O–H groups in total. The molecule has 0 radical (unpaired) electrons. The molecule has 0 heterocycles. The van der Waals surface area contributed by atoms with Gasteiger partial charge in [0.05, 0.1) is 0 Å². The van der Waals surface area contributed by atoms with Crippen LogP contribution >= 0.6 is 0 Å². The van der Waals surface area contributed by atoms with E-state index < -0.39 is 0 Å². The molecule has 0 aromatic rings. The van der Waals surface area contributed by atoms with Crippen LogP contribution in [0.5, 0.6) is 0 Å². The average molecular weight is 213 g/mol. The zero-order chi connectivity index (χ0) is 11.1. The van der Waals surface area contributed by atoms with Crippen LogP contribution in [0.25, 0.3) is 0 Å². The van der Waals surface area contributed by atoms with Gasteiger partial charge in [0.25, 0.3) is 0 Å². The Morgan fingerprint density at radius 2 is 2.06 bits per heavy atom. The minimum Gasteiger partial charge on any atom is -0.327 e. The van der Waals surface area contributed by atoms with Gasteiger partial charge in [-0.15, -0.1) is 0 Å². The molecule has 1 fully saturated rings. The van der Waals surface area contributed by atoms with Gasteiger partial charge in [-0.2, -0.15) is 0 Å². The third-order valence-electron chi connectivity index (χ3n) is 4.41. The van der Waals surface area contributed by atoms with E-state index in [0.717, 1.165) is 0 Å². The summed E-state index contributed by atoms with van der Waals surface area (Å²) in [5, 5.41) is 0. The fourth-order valence-corrected chi connectivity index (χ4v) is 3.33. The molecule has 3 aliphatic rings. The largest absolute Gasteiger partial charge is 0.327 e. The number of hydrogen-bond donors (Lipinski definition) is 1. The summed E-state index contributed by atoms with van der Waals surface area (Å²) >= 11 is 0. The first-order valence-corrected chi connectivity index (χ1v) is 6.29. The number of nitrogens with two attached hydrogens (primary N) is 1. The van der Waals surface area contributed by atoms with E-state index in [0.29, 0.717) is 23.8 Å². The van der Waals surface area contributed by atoms with Crippen molar-refractivity contribution in [1.29, 1.82) is 0 Å². The van der Waals surface area contributed by atoms with Crippen molar-refractivity contribution in [3.63, 3.8) is 0 Å². The number of hydrogen-bond acceptors (Lipinski definition) is 1. The van der Waals surface area contributed by atoms with Gasteiger partial charge in [-0.1, -0.05) is 49.0 Å². The normalized spacial score (nSPS) is 40.9. The Morgan fingerprint density at radius 3 is 2.94 bits per heavy atom. The SMILES string of the molecule is CC1C2=CC=C3C=CC=CC3C2CCC1N. The molecule has 0 aromatic heterocycles. The van der Waals surface area contributed by atoms with Gasteiger partial charge >= 0.3 is 0 Å². The van der Waals surface area contributed by atoms with Crippen molar-refractivity contribution in [2.24, 2.45) is 23.5 Å². The van der Waals surface area contributed by atoms with Crippen LogP contribution in [-0.2, 0) is 0 Å². The predicted molar refractivity (Wildman–Crippen MR) is 67.8 cm³/mol. The molecule has 1 heteroatoms. The van der Waals surface area contributed by atoms with Crippen molar-refractivity contribution in [2.75, 3.05) is 0 Å². The fourth-order valence-electron chi connectivity index (χ4n) is 3.33. The summed E-state index contributed by atoms with van der Waals surface area (Å²) in [6, 6.07) is 0.362. The number of fused-ring (bicyclic) bond motifs is 3. The van der Waals surface area contributed by atoms with Crippen molar-refractivity contribution in [1.82, 2.24) is 0 Å². The van der Waals surface area contributed by atoms with Crippen LogP contribution in [0.4, 0.5) is 0 Å². The van der Waals surface area contributed by atoms with Gasteiger partial charge in [0, 0.05) is 12.0 Å². The summed E-state index contributed by atoms with van der Waals surface area (Å²) in [6.45, 7) is 2.28. The van der Waals surface area contributed by atoms with Crippen molar-refractivity contribution < 1.29 is 0 Å². The zero-order valence-electron chi connectivity index (χ0n) is 9.77. The van der Waals surface area contributed by atoms with Crippen LogP contribution in [0.2, 0.25) is 0 Å². The lowest BCUT2D eigenvalue weighted by Gasteiger charge is -2.41. The van der Waals surface area contributed by atoms with Crippen LogP contribution in [0, 0.1) is 17.8 Å². The first-order valence-electron chi connectivity index (χ1n) is 6.29. The maximum absolute atomic E-state index is 6.16. The van der Waals surface area contributed by atoms with E-state index in [-0.39, 0.29) is 0 Å². The summed E-state index contributed by atoms with van der Waals surface area (Å²) in [6.07, 6.45) is 15.9. The molecule has 3 aliphatic carbocycles. The molecule has 4 unspecified atom stereocenters. The minimum atomic E-state index is 0.362. The highest BCUT2D eigenvalue weighted by Crippen LogP contribution is 2.44. The van der Waals surface area contributed by atoms with Crippen molar-refractivity contribution in [2.45, 2.75) is 25.8 Å². The Labute approximate surface area is 97.4 Å². The van der Waals surface area contributed by atoms with Crippen molar-refractivity contribution >= 4 is 0 Å². The quantitative estimate of drug-likeness (QED) is 0.657. The lowest BCUT2D eigenvalue weighted by atomic mass is 9.65. The predicted octanol–water partition coefficient (Wildman–Crippen LogP) is 2.97. The van der Waals surface area contributed by atoms with Crippen molar-refractivity contribution in [3.05, 3.63) is 47.6 Å². The molecule has 16 heavy (non-hydrogen) atoms. The van der Waals surface area contributed by atoms with E-state index in [1.165, 1.54) is 18.4 Å². The third-order valence-corrected chi connectivity index (χ3v) is 4.41. The lowest BCUT2D eigenvalue weighted by molar-refractivity contribution is 0.305. The van der Waals surface area contributed by atoms with Gasteiger partial charge in [-0.05, 0) is 30.3 Å². The summed E-state index contributed by atoms with van der Waals surface area (Å²) in [4.78, 5) is 0. The van der Waals surface area contributed by atoms with Crippen LogP contribution in [0.1, 0.15) is 19.8 Å². The van der Waals surface area contributed by atoms with Crippen LogP contribution in [-0.4, -0.2) is 6.04 Å². The highest BCUT2D eigenvalue weighted by atomic mass is 14.7. The van der Waals surface area contributed by atoms with Crippen LogP contribution < -0.4 is 5.73 Å². The van der Waals surface area contributed by atoms with E-state index in [1.807, 2.05) is 0 Å². The Balaban J connectivity index is 1.98. The van der Waals surface area contributed by atoms with Gasteiger partial charge in [-0.25, -0.2) is 0 Å². The van der Waals surface area contributed by atoms with E-state index in [9.17, 15) is 0 Å². The maximum atomic E-state index is 6.16. The molecule has 84 valence electrons. The third kappa shape index (κ3) is 1.42. The molecule has 0 spiro atoms. The fraction of sp³-hybridized carbons (Fsp3) is 0.467. The summed E-state index contributed by atoms with van der Waals surface area (Å²) in [7, 11) is 0. The summed E-state index contributed by atoms with van der Waals surface area (Å²) in [5.74, 6) is 1.87. The molecule has 1 nitrogen and oxygen atoms in total. The maximum Gasteiger partial charge on any atom is 0.0102 e. The summed E-state index contributed by atoms with van der Waals surface area (Å²) < 4.78 is 0. The average Bonchev–Trinajstić information content (AvgIpc) is 2.33. The van der Waals surface area contributed by atoms with Gasteiger partial charge in [0.1, 0.15) is 0 Å². The molecule has 0 saturated heterocycles. The lowest BCUT2D eigenvalue weighted by Crippen LogP contribution is -2.39. The molecular formula is C15H19N.